The molecule has 5 nitrogen and oxygen atoms in total. The summed E-state index contributed by atoms with van der Waals surface area (Å²) in [5.74, 6) is 2.12. The predicted molar refractivity (Wildman–Crippen MR) is 105 cm³/mol. The fraction of sp³-hybridized carbons (Fsp3) is 0.500. The van der Waals surface area contributed by atoms with Crippen LogP contribution < -0.4 is 10.1 Å². The first-order valence-corrected chi connectivity index (χ1v) is 10.2. The van der Waals surface area contributed by atoms with Gasteiger partial charge in [-0.25, -0.2) is 0 Å². The van der Waals surface area contributed by atoms with Gasteiger partial charge in [-0.05, 0) is 43.4 Å². The van der Waals surface area contributed by atoms with Crippen LogP contribution in [0.4, 0.5) is 5.13 Å². The molecule has 0 spiro atoms. The number of amides is 1. The summed E-state index contributed by atoms with van der Waals surface area (Å²) in [6.07, 6.45) is 0.0173. The van der Waals surface area contributed by atoms with Crippen LogP contribution in [0.15, 0.2) is 22.5 Å². The molecule has 0 radical (unpaired) electrons. The third-order valence-electron chi connectivity index (χ3n) is 3.45. The minimum absolute atomic E-state index is 0.194. The van der Waals surface area contributed by atoms with Crippen molar-refractivity contribution in [3.8, 4) is 5.75 Å². The van der Waals surface area contributed by atoms with Gasteiger partial charge in [0.05, 0.1) is 0 Å². The molecule has 136 valence electrons. The van der Waals surface area contributed by atoms with Gasteiger partial charge in [-0.15, -0.1) is 10.2 Å². The average Bonchev–Trinajstić information content (AvgIpc) is 3.01. The number of ether oxygens (including phenoxy) is 1. The molecule has 1 amide bonds. The molecule has 1 atom stereocenters. The molecule has 0 saturated carbocycles. The van der Waals surface area contributed by atoms with Crippen molar-refractivity contribution >= 4 is 34.1 Å². The lowest BCUT2D eigenvalue weighted by atomic mass is 10.1. The smallest absolute Gasteiger partial charge is 0.267 e. The van der Waals surface area contributed by atoms with E-state index >= 15 is 0 Å². The van der Waals surface area contributed by atoms with E-state index in [0.29, 0.717) is 17.5 Å². The Hall–Kier alpha value is -1.60. The molecule has 2 rings (SSSR count). The molecule has 0 aliphatic carbocycles. The van der Waals surface area contributed by atoms with Gasteiger partial charge in [0.1, 0.15) is 5.75 Å². The second-order valence-electron chi connectivity index (χ2n) is 6.35. The Labute approximate surface area is 157 Å². The van der Waals surface area contributed by atoms with Crippen molar-refractivity contribution in [3.63, 3.8) is 0 Å². The minimum atomic E-state index is -0.559. The fourth-order valence-electron chi connectivity index (χ4n) is 2.05. The highest BCUT2D eigenvalue weighted by molar-refractivity contribution is 8.01. The molecule has 0 saturated heterocycles. The predicted octanol–water partition coefficient (Wildman–Crippen LogP) is 4.70. The number of hydrogen-bond acceptors (Lipinski definition) is 6. The highest BCUT2D eigenvalue weighted by Crippen LogP contribution is 2.27. The molecule has 1 aromatic carbocycles. The number of thioether (sulfide) groups is 1. The Morgan fingerprint density at radius 1 is 1.32 bits per heavy atom. The van der Waals surface area contributed by atoms with Gasteiger partial charge in [0, 0.05) is 5.75 Å². The topological polar surface area (TPSA) is 64.1 Å². The molecular formula is C18H25N3O2S2. The Balaban J connectivity index is 1.99. The number of rotatable bonds is 8. The monoisotopic (exact) mass is 379 g/mol. The number of benzene rings is 1. The number of anilines is 1. The summed E-state index contributed by atoms with van der Waals surface area (Å²) in [4.78, 5) is 12.5. The first-order valence-electron chi connectivity index (χ1n) is 8.40. The van der Waals surface area contributed by atoms with Gasteiger partial charge in [-0.2, -0.15) is 0 Å². The van der Waals surface area contributed by atoms with Gasteiger partial charge in [0.2, 0.25) is 5.13 Å². The molecule has 1 aromatic heterocycles. The van der Waals surface area contributed by atoms with E-state index in [4.69, 9.17) is 4.74 Å². The van der Waals surface area contributed by atoms with Crippen LogP contribution in [-0.4, -0.2) is 28.0 Å². The minimum Gasteiger partial charge on any atom is -0.480 e. The first kappa shape index (κ1) is 19.7. The van der Waals surface area contributed by atoms with Crippen LogP contribution in [0.25, 0.3) is 0 Å². The normalized spacial score (nSPS) is 12.2. The van der Waals surface area contributed by atoms with E-state index in [1.807, 2.05) is 39.0 Å². The zero-order chi connectivity index (χ0) is 18.4. The van der Waals surface area contributed by atoms with E-state index in [9.17, 15) is 4.79 Å². The number of nitrogens with zero attached hydrogens (tertiary/aromatic N) is 2. The number of nitrogens with one attached hydrogen (secondary N) is 1. The summed E-state index contributed by atoms with van der Waals surface area (Å²) in [5.41, 5.74) is 2.12. The molecule has 0 aliphatic heterocycles. The van der Waals surface area contributed by atoms with Crippen molar-refractivity contribution in [2.75, 3.05) is 11.1 Å². The number of hydrogen-bond donors (Lipinski definition) is 1. The Kier molecular flexibility index (Phi) is 7.25. The van der Waals surface area contributed by atoms with Crippen molar-refractivity contribution < 1.29 is 9.53 Å². The lowest BCUT2D eigenvalue weighted by Crippen LogP contribution is -2.32. The van der Waals surface area contributed by atoms with E-state index in [-0.39, 0.29) is 5.91 Å². The summed E-state index contributed by atoms with van der Waals surface area (Å²) in [7, 11) is 0. The SMILES string of the molecule is CCC(Oc1cc(C)ccc1C)C(=O)Nc1nnc(SCC(C)C)s1. The Morgan fingerprint density at radius 3 is 2.76 bits per heavy atom. The summed E-state index contributed by atoms with van der Waals surface area (Å²) in [6.45, 7) is 10.2. The third kappa shape index (κ3) is 6.01. The van der Waals surface area contributed by atoms with Crippen molar-refractivity contribution in [3.05, 3.63) is 29.3 Å². The molecule has 25 heavy (non-hydrogen) atoms. The summed E-state index contributed by atoms with van der Waals surface area (Å²) in [6, 6.07) is 5.98. The van der Waals surface area contributed by atoms with Crippen LogP contribution in [0.2, 0.25) is 0 Å². The van der Waals surface area contributed by atoms with Crippen LogP contribution in [0.3, 0.4) is 0 Å². The number of aryl methyl sites for hydroxylation is 2. The maximum atomic E-state index is 12.5. The average molecular weight is 380 g/mol. The van der Waals surface area contributed by atoms with Gasteiger partial charge in [-0.3, -0.25) is 10.1 Å². The Bertz CT molecular complexity index is 716. The van der Waals surface area contributed by atoms with E-state index in [0.717, 1.165) is 27.0 Å². The first-order chi connectivity index (χ1) is 11.9. The standard InChI is InChI=1S/C18H25N3O2S2/c1-6-14(23-15-9-12(4)7-8-13(15)5)16(22)19-17-20-21-18(25-17)24-10-11(2)3/h7-9,11,14H,6,10H2,1-5H3,(H,19,20,22). The molecule has 7 heteroatoms. The van der Waals surface area contributed by atoms with Crippen LogP contribution >= 0.6 is 23.1 Å². The van der Waals surface area contributed by atoms with E-state index in [1.165, 1.54) is 11.3 Å². The second kappa shape index (κ2) is 9.20. The molecule has 0 bridgehead atoms. The zero-order valence-electron chi connectivity index (χ0n) is 15.3. The maximum absolute atomic E-state index is 12.5. The summed E-state index contributed by atoms with van der Waals surface area (Å²) < 4.78 is 6.80. The van der Waals surface area contributed by atoms with Crippen molar-refractivity contribution in [1.29, 1.82) is 0 Å². The molecule has 1 heterocycles. The second-order valence-corrected chi connectivity index (χ2v) is 8.60. The van der Waals surface area contributed by atoms with Crippen LogP contribution in [0.5, 0.6) is 5.75 Å². The Morgan fingerprint density at radius 2 is 2.08 bits per heavy atom. The van der Waals surface area contributed by atoms with Gasteiger partial charge in [0.25, 0.3) is 5.91 Å². The third-order valence-corrected chi connectivity index (χ3v) is 5.85. The number of aromatic nitrogens is 2. The van der Waals surface area contributed by atoms with Crippen molar-refractivity contribution in [2.24, 2.45) is 5.92 Å². The van der Waals surface area contributed by atoms with Crippen molar-refractivity contribution in [2.45, 2.75) is 51.5 Å². The highest BCUT2D eigenvalue weighted by atomic mass is 32.2. The molecule has 2 aromatic rings. The van der Waals surface area contributed by atoms with Crippen LogP contribution in [0, 0.1) is 19.8 Å². The molecular weight excluding hydrogens is 354 g/mol. The van der Waals surface area contributed by atoms with E-state index in [1.54, 1.807) is 11.8 Å². The number of carbonyl (C=O) groups excluding carboxylic acids is 1. The summed E-state index contributed by atoms with van der Waals surface area (Å²) >= 11 is 3.06. The largest absolute Gasteiger partial charge is 0.480 e. The zero-order valence-corrected chi connectivity index (χ0v) is 17.0. The van der Waals surface area contributed by atoms with Gasteiger partial charge in [-0.1, -0.05) is 56.0 Å². The molecule has 1 unspecified atom stereocenters. The van der Waals surface area contributed by atoms with E-state index in [2.05, 4.69) is 29.4 Å². The van der Waals surface area contributed by atoms with Gasteiger partial charge in [0.15, 0.2) is 10.4 Å². The molecule has 0 aliphatic rings. The van der Waals surface area contributed by atoms with Crippen molar-refractivity contribution in [1.82, 2.24) is 10.2 Å². The lowest BCUT2D eigenvalue weighted by molar-refractivity contribution is -0.122. The van der Waals surface area contributed by atoms with E-state index < -0.39 is 6.10 Å². The van der Waals surface area contributed by atoms with Crippen LogP contribution in [0.1, 0.15) is 38.3 Å². The molecule has 1 N–H and O–H groups in total. The lowest BCUT2D eigenvalue weighted by Gasteiger charge is -2.18. The molecule has 0 fully saturated rings. The fourth-order valence-corrected chi connectivity index (χ4v) is 3.78. The van der Waals surface area contributed by atoms with Gasteiger partial charge < -0.3 is 4.74 Å². The maximum Gasteiger partial charge on any atom is 0.267 e. The number of carbonyl (C=O) groups is 1. The highest BCUT2D eigenvalue weighted by Gasteiger charge is 2.21. The quantitative estimate of drug-likeness (QED) is 0.532. The van der Waals surface area contributed by atoms with Crippen LogP contribution in [-0.2, 0) is 4.79 Å². The van der Waals surface area contributed by atoms with Gasteiger partial charge >= 0.3 is 0 Å². The summed E-state index contributed by atoms with van der Waals surface area (Å²) in [5, 5.41) is 11.5.